The first-order valence-electron chi connectivity index (χ1n) is 17.5. The molecular formula is C42H43B2NO4S. The van der Waals surface area contributed by atoms with E-state index < -0.39 is 36.6 Å². The molecule has 3 heterocycles. The van der Waals surface area contributed by atoms with Gasteiger partial charge in [0.1, 0.15) is 0 Å². The predicted octanol–water partition coefficient (Wildman–Crippen LogP) is 9.79. The summed E-state index contributed by atoms with van der Waals surface area (Å²) in [6.45, 7) is 16.7. The Kier molecular flexibility index (Phi) is 7.86. The third-order valence-electron chi connectivity index (χ3n) is 11.2. The van der Waals surface area contributed by atoms with Crippen LogP contribution in [-0.2, 0) is 18.6 Å². The lowest BCUT2D eigenvalue weighted by Gasteiger charge is -2.32. The Bertz CT molecular complexity index is 2080. The van der Waals surface area contributed by atoms with E-state index in [0.29, 0.717) is 0 Å². The summed E-state index contributed by atoms with van der Waals surface area (Å²) in [5, 5.41) is 2.61. The Labute approximate surface area is 300 Å². The Morgan fingerprint density at radius 2 is 0.880 bits per heavy atom. The average Bonchev–Trinajstić information content (AvgIpc) is 3.65. The lowest BCUT2D eigenvalue weighted by molar-refractivity contribution is 0.00578. The molecule has 50 heavy (non-hydrogen) atoms. The predicted molar refractivity (Wildman–Crippen MR) is 211 cm³/mol. The summed E-state index contributed by atoms with van der Waals surface area (Å²) >= 11 is 1.86. The van der Waals surface area contributed by atoms with Gasteiger partial charge in [0.2, 0.25) is 0 Å². The number of benzene rings is 5. The van der Waals surface area contributed by atoms with E-state index in [4.69, 9.17) is 18.6 Å². The molecule has 0 saturated carbocycles. The zero-order chi connectivity index (χ0) is 35.1. The first-order chi connectivity index (χ1) is 23.7. The van der Waals surface area contributed by atoms with Crippen molar-refractivity contribution < 1.29 is 18.6 Å². The fourth-order valence-corrected chi connectivity index (χ4v) is 7.97. The van der Waals surface area contributed by atoms with Crippen LogP contribution in [0, 0.1) is 0 Å². The van der Waals surface area contributed by atoms with E-state index >= 15 is 0 Å². The van der Waals surface area contributed by atoms with Crippen molar-refractivity contribution in [2.75, 3.05) is 4.90 Å². The van der Waals surface area contributed by atoms with Gasteiger partial charge in [0.25, 0.3) is 0 Å². The molecule has 2 aliphatic heterocycles. The molecule has 0 amide bonds. The summed E-state index contributed by atoms with van der Waals surface area (Å²) in [6.07, 6.45) is 0. The van der Waals surface area contributed by atoms with Crippen LogP contribution in [0.5, 0.6) is 0 Å². The first-order valence-corrected chi connectivity index (χ1v) is 18.3. The molecule has 0 N–H and O–H groups in total. The van der Waals surface area contributed by atoms with E-state index in [1.165, 1.54) is 31.3 Å². The smallest absolute Gasteiger partial charge is 0.399 e. The summed E-state index contributed by atoms with van der Waals surface area (Å²) < 4.78 is 28.1. The van der Waals surface area contributed by atoms with Crippen LogP contribution in [0.2, 0.25) is 0 Å². The second-order valence-electron chi connectivity index (χ2n) is 15.5. The SMILES string of the molecule is CC1(C)OB(c2ccc(N(c3ccc(B4OC(C)(C)C(C)(C)O4)cc3)c3ccc(-c4cccc5c4sc4ccccc45)cc3)cc2)OC1(C)C. The lowest BCUT2D eigenvalue weighted by Crippen LogP contribution is -2.41. The van der Waals surface area contributed by atoms with Crippen LogP contribution in [0.25, 0.3) is 31.3 Å². The molecule has 0 bridgehead atoms. The van der Waals surface area contributed by atoms with E-state index in [2.05, 4.69) is 176 Å². The quantitative estimate of drug-likeness (QED) is 0.164. The van der Waals surface area contributed by atoms with Gasteiger partial charge in [-0.25, -0.2) is 0 Å². The summed E-state index contributed by atoms with van der Waals surface area (Å²) in [4.78, 5) is 2.28. The van der Waals surface area contributed by atoms with Gasteiger partial charge in [0, 0.05) is 37.2 Å². The highest BCUT2D eigenvalue weighted by molar-refractivity contribution is 7.26. The molecular weight excluding hydrogens is 636 g/mol. The number of anilines is 3. The number of hydrogen-bond acceptors (Lipinski definition) is 6. The van der Waals surface area contributed by atoms with Crippen molar-refractivity contribution in [1.82, 2.24) is 0 Å². The van der Waals surface area contributed by atoms with Gasteiger partial charge in [0.05, 0.1) is 22.4 Å². The molecule has 252 valence electrons. The van der Waals surface area contributed by atoms with Crippen LogP contribution in [-0.4, -0.2) is 36.6 Å². The van der Waals surface area contributed by atoms with Gasteiger partial charge in [0.15, 0.2) is 0 Å². The van der Waals surface area contributed by atoms with Crippen molar-refractivity contribution in [1.29, 1.82) is 0 Å². The summed E-state index contributed by atoms with van der Waals surface area (Å²) in [5.41, 5.74) is 5.97. The van der Waals surface area contributed by atoms with Crippen molar-refractivity contribution in [3.05, 3.63) is 115 Å². The van der Waals surface area contributed by atoms with Crippen molar-refractivity contribution in [3.63, 3.8) is 0 Å². The number of thiophene rings is 1. The number of hydrogen-bond donors (Lipinski definition) is 0. The molecule has 0 unspecified atom stereocenters. The van der Waals surface area contributed by atoms with Crippen LogP contribution < -0.4 is 15.8 Å². The van der Waals surface area contributed by atoms with Gasteiger partial charge < -0.3 is 23.5 Å². The molecule has 0 aliphatic carbocycles. The van der Waals surface area contributed by atoms with Gasteiger partial charge in [-0.2, -0.15) is 0 Å². The Hall–Kier alpha value is -3.91. The second-order valence-corrected chi connectivity index (χ2v) is 16.6. The highest BCUT2D eigenvalue weighted by Crippen LogP contribution is 2.42. The van der Waals surface area contributed by atoms with E-state index in [1.54, 1.807) is 0 Å². The Morgan fingerprint density at radius 3 is 1.36 bits per heavy atom. The molecule has 0 atom stereocenters. The largest absolute Gasteiger partial charge is 0.494 e. The molecule has 8 rings (SSSR count). The average molecular weight is 680 g/mol. The molecule has 0 radical (unpaired) electrons. The van der Waals surface area contributed by atoms with Gasteiger partial charge in [-0.1, -0.05) is 72.8 Å². The molecule has 6 aromatic rings. The Balaban J connectivity index is 1.15. The van der Waals surface area contributed by atoms with E-state index in [1.807, 2.05) is 11.3 Å². The zero-order valence-corrected chi connectivity index (χ0v) is 30.9. The molecule has 2 saturated heterocycles. The zero-order valence-electron chi connectivity index (χ0n) is 30.1. The standard InChI is InChI=1S/C42H43B2NO4S/c1-39(2)40(3,4)47-43(46-39)29-18-24-32(25-19-29)45(33-26-20-30(21-27-33)44-48-41(5,6)42(7,8)49-44)31-22-16-28(17-23-31)34-13-11-14-36-35-12-9-10-15-37(35)50-38(34)36/h9-27H,1-8H3. The molecule has 1 aromatic heterocycles. The van der Waals surface area contributed by atoms with Gasteiger partial charge in [-0.05, 0) is 120 Å². The normalized spacial score (nSPS) is 19.0. The van der Waals surface area contributed by atoms with E-state index in [0.717, 1.165) is 28.0 Å². The number of rotatable bonds is 6. The Morgan fingerprint density at radius 1 is 0.460 bits per heavy atom. The summed E-state index contributed by atoms with van der Waals surface area (Å²) in [5.74, 6) is 0. The minimum atomic E-state index is -0.419. The van der Waals surface area contributed by atoms with Crippen LogP contribution in [0.15, 0.2) is 115 Å². The van der Waals surface area contributed by atoms with Gasteiger partial charge in [-0.15, -0.1) is 11.3 Å². The van der Waals surface area contributed by atoms with E-state index in [9.17, 15) is 0 Å². The highest BCUT2D eigenvalue weighted by Gasteiger charge is 2.52. The van der Waals surface area contributed by atoms with Crippen molar-refractivity contribution in [3.8, 4) is 11.1 Å². The third kappa shape index (κ3) is 5.58. The topological polar surface area (TPSA) is 40.2 Å². The van der Waals surface area contributed by atoms with Crippen LogP contribution in [0.3, 0.4) is 0 Å². The molecule has 2 fully saturated rings. The monoisotopic (exact) mass is 679 g/mol. The van der Waals surface area contributed by atoms with Gasteiger partial charge in [-0.3, -0.25) is 0 Å². The fourth-order valence-electron chi connectivity index (χ4n) is 6.73. The van der Waals surface area contributed by atoms with Crippen molar-refractivity contribution in [2.45, 2.75) is 77.8 Å². The maximum atomic E-state index is 6.36. The minimum absolute atomic E-state index is 0.400. The lowest BCUT2D eigenvalue weighted by atomic mass is 9.79. The molecule has 0 spiro atoms. The number of nitrogens with zero attached hydrogens (tertiary/aromatic N) is 1. The summed E-state index contributed by atoms with van der Waals surface area (Å²) in [6, 6.07) is 41.2. The first kappa shape index (κ1) is 33.2. The van der Waals surface area contributed by atoms with Crippen LogP contribution in [0.4, 0.5) is 17.1 Å². The molecule has 2 aliphatic rings. The second kappa shape index (κ2) is 11.8. The molecule has 5 nitrogen and oxygen atoms in total. The third-order valence-corrected chi connectivity index (χ3v) is 12.4. The molecule has 5 aromatic carbocycles. The summed E-state index contributed by atoms with van der Waals surface area (Å²) in [7, 11) is -0.838. The van der Waals surface area contributed by atoms with Crippen molar-refractivity contribution in [2.24, 2.45) is 0 Å². The fraction of sp³-hybridized carbons (Fsp3) is 0.286. The van der Waals surface area contributed by atoms with Crippen LogP contribution in [0.1, 0.15) is 55.4 Å². The maximum absolute atomic E-state index is 6.36. The highest BCUT2D eigenvalue weighted by atomic mass is 32.1. The maximum Gasteiger partial charge on any atom is 0.494 e. The molecule has 8 heteroatoms. The van der Waals surface area contributed by atoms with Gasteiger partial charge >= 0.3 is 14.2 Å². The van der Waals surface area contributed by atoms with Crippen molar-refractivity contribution >= 4 is 73.7 Å². The van der Waals surface area contributed by atoms with E-state index in [-0.39, 0.29) is 0 Å². The van der Waals surface area contributed by atoms with Crippen LogP contribution >= 0.6 is 11.3 Å². The minimum Gasteiger partial charge on any atom is -0.399 e. The number of fused-ring (bicyclic) bond motifs is 3.